The summed E-state index contributed by atoms with van der Waals surface area (Å²) in [6, 6.07) is 4.10. The van der Waals surface area contributed by atoms with Gasteiger partial charge in [-0.25, -0.2) is 0 Å². The van der Waals surface area contributed by atoms with Crippen molar-refractivity contribution in [3.05, 3.63) is 28.8 Å². The van der Waals surface area contributed by atoms with Gasteiger partial charge in [-0.15, -0.1) is 0 Å². The lowest BCUT2D eigenvalue weighted by atomic mass is 9.50. The van der Waals surface area contributed by atoms with Crippen LogP contribution >= 0.6 is 0 Å². The number of aryl methyl sites for hydroxylation is 2. The quantitative estimate of drug-likeness (QED) is 0.777. The second-order valence-corrected chi connectivity index (χ2v) is 7.45. The van der Waals surface area contributed by atoms with E-state index >= 15 is 0 Å². The Balaban J connectivity index is 2.16. The molecule has 0 heterocycles. The van der Waals surface area contributed by atoms with E-state index < -0.39 is 0 Å². The predicted molar refractivity (Wildman–Crippen MR) is 80.0 cm³/mol. The molecule has 1 N–H and O–H groups in total. The van der Waals surface area contributed by atoms with Crippen molar-refractivity contribution in [2.45, 2.75) is 58.8 Å². The molecular weight excluding hydrogens is 248 g/mol. The summed E-state index contributed by atoms with van der Waals surface area (Å²) in [7, 11) is 0. The number of phenols is 1. The van der Waals surface area contributed by atoms with E-state index in [1.54, 1.807) is 0 Å². The first-order valence-electron chi connectivity index (χ1n) is 7.63. The van der Waals surface area contributed by atoms with Crippen LogP contribution in [0.3, 0.4) is 0 Å². The van der Waals surface area contributed by atoms with Gasteiger partial charge in [-0.05, 0) is 60.3 Å². The summed E-state index contributed by atoms with van der Waals surface area (Å²) >= 11 is 0. The minimum absolute atomic E-state index is 0.0240. The second kappa shape index (κ2) is 4.09. The highest BCUT2D eigenvalue weighted by atomic mass is 16.3. The molecule has 0 aromatic heterocycles. The summed E-state index contributed by atoms with van der Waals surface area (Å²) in [5.74, 6) is 1.17. The fourth-order valence-corrected chi connectivity index (χ4v) is 4.66. The Labute approximate surface area is 121 Å². The van der Waals surface area contributed by atoms with Crippen molar-refractivity contribution in [3.8, 4) is 5.75 Å². The van der Waals surface area contributed by atoms with Gasteiger partial charge in [0.15, 0.2) is 0 Å². The molecule has 1 fully saturated rings. The first kappa shape index (κ1) is 13.7. The lowest BCUT2D eigenvalue weighted by molar-refractivity contribution is -0.137. The van der Waals surface area contributed by atoms with E-state index in [4.69, 9.17) is 0 Å². The smallest absolute Gasteiger partial charge is 0.138 e. The third kappa shape index (κ3) is 1.66. The van der Waals surface area contributed by atoms with Crippen LogP contribution < -0.4 is 0 Å². The summed E-state index contributed by atoms with van der Waals surface area (Å²) in [4.78, 5) is 12.3. The fourth-order valence-electron chi connectivity index (χ4n) is 4.66. The molecule has 0 unspecified atom stereocenters. The van der Waals surface area contributed by atoms with Gasteiger partial charge in [0.1, 0.15) is 11.5 Å². The molecule has 2 nitrogen and oxygen atoms in total. The van der Waals surface area contributed by atoms with Gasteiger partial charge >= 0.3 is 0 Å². The van der Waals surface area contributed by atoms with Gasteiger partial charge in [-0.2, -0.15) is 0 Å². The molecule has 0 aliphatic heterocycles. The van der Waals surface area contributed by atoms with Gasteiger partial charge in [0.05, 0.1) is 0 Å². The summed E-state index contributed by atoms with van der Waals surface area (Å²) in [6.45, 7) is 8.46. The molecule has 0 radical (unpaired) electrons. The third-order valence-electron chi connectivity index (χ3n) is 5.97. The van der Waals surface area contributed by atoms with E-state index in [1.807, 2.05) is 13.0 Å². The Kier molecular flexibility index (Phi) is 2.80. The minimum atomic E-state index is -0.245. The topological polar surface area (TPSA) is 37.3 Å². The standard InChI is InChI=1S/C18H24O2/c1-11-9-12-5-6-15-17(2,3)16(20)7-8-18(15,4)13(12)10-14(11)19/h9-10,15,19H,5-8H2,1-4H3/t15-,18+/m0/s1. The van der Waals surface area contributed by atoms with Crippen LogP contribution in [0, 0.1) is 18.3 Å². The van der Waals surface area contributed by atoms with E-state index in [0.717, 1.165) is 24.8 Å². The summed E-state index contributed by atoms with van der Waals surface area (Å²) < 4.78 is 0. The molecule has 3 rings (SSSR count). The maximum absolute atomic E-state index is 12.3. The highest BCUT2D eigenvalue weighted by molar-refractivity contribution is 5.86. The van der Waals surface area contributed by atoms with Crippen LogP contribution in [0.5, 0.6) is 5.75 Å². The van der Waals surface area contributed by atoms with Crippen molar-refractivity contribution in [1.29, 1.82) is 0 Å². The molecule has 2 aliphatic rings. The monoisotopic (exact) mass is 272 g/mol. The largest absolute Gasteiger partial charge is 0.508 e. The zero-order chi connectivity index (χ0) is 14.7. The van der Waals surface area contributed by atoms with E-state index in [0.29, 0.717) is 23.9 Å². The number of phenolic OH excluding ortho intramolecular Hbond substituents is 1. The van der Waals surface area contributed by atoms with E-state index in [1.165, 1.54) is 11.1 Å². The maximum Gasteiger partial charge on any atom is 0.138 e. The van der Waals surface area contributed by atoms with E-state index in [-0.39, 0.29) is 10.8 Å². The Hall–Kier alpha value is -1.31. The van der Waals surface area contributed by atoms with Gasteiger partial charge in [0.25, 0.3) is 0 Å². The van der Waals surface area contributed by atoms with Gasteiger partial charge in [0.2, 0.25) is 0 Å². The zero-order valence-corrected chi connectivity index (χ0v) is 12.9. The predicted octanol–water partition coefficient (Wildman–Crippen LogP) is 3.91. The summed E-state index contributed by atoms with van der Waals surface area (Å²) in [5.41, 5.74) is 3.38. The molecule has 1 saturated carbocycles. The van der Waals surface area contributed by atoms with Crippen LogP contribution in [0.4, 0.5) is 0 Å². The minimum Gasteiger partial charge on any atom is -0.508 e. The number of carbonyl (C=O) groups excluding carboxylic acids is 1. The van der Waals surface area contributed by atoms with Crippen molar-refractivity contribution >= 4 is 5.78 Å². The molecule has 0 amide bonds. The van der Waals surface area contributed by atoms with Gasteiger partial charge < -0.3 is 5.11 Å². The summed E-state index contributed by atoms with van der Waals surface area (Å²) in [5, 5.41) is 10.1. The maximum atomic E-state index is 12.3. The molecular formula is C18H24O2. The Morgan fingerprint density at radius 3 is 2.60 bits per heavy atom. The number of aromatic hydroxyl groups is 1. The molecule has 1 aromatic rings. The number of carbonyl (C=O) groups is 1. The first-order valence-corrected chi connectivity index (χ1v) is 7.63. The molecule has 20 heavy (non-hydrogen) atoms. The number of Topliss-reactive ketones (excluding diaryl/α,β-unsaturated/α-hetero) is 1. The molecule has 0 saturated heterocycles. The molecule has 108 valence electrons. The fraction of sp³-hybridized carbons (Fsp3) is 0.611. The number of fused-ring (bicyclic) bond motifs is 3. The van der Waals surface area contributed by atoms with Crippen LogP contribution in [0.25, 0.3) is 0 Å². The number of hydrogen-bond acceptors (Lipinski definition) is 2. The van der Waals surface area contributed by atoms with Crippen molar-refractivity contribution in [2.24, 2.45) is 11.3 Å². The first-order chi connectivity index (χ1) is 9.26. The number of ketones is 1. The normalized spacial score (nSPS) is 31.6. The van der Waals surface area contributed by atoms with Crippen molar-refractivity contribution in [1.82, 2.24) is 0 Å². The highest BCUT2D eigenvalue weighted by Crippen LogP contribution is 2.56. The number of rotatable bonds is 0. The number of benzene rings is 1. The average Bonchev–Trinajstić information content (AvgIpc) is 2.37. The lowest BCUT2D eigenvalue weighted by Crippen LogP contribution is -2.52. The van der Waals surface area contributed by atoms with Crippen LogP contribution in [0.1, 0.15) is 56.7 Å². The van der Waals surface area contributed by atoms with Gasteiger partial charge in [-0.1, -0.05) is 26.8 Å². The Morgan fingerprint density at radius 2 is 1.90 bits per heavy atom. The lowest BCUT2D eigenvalue weighted by Gasteiger charge is -2.53. The van der Waals surface area contributed by atoms with Crippen LogP contribution in [0.2, 0.25) is 0 Å². The van der Waals surface area contributed by atoms with Crippen LogP contribution in [-0.2, 0) is 16.6 Å². The van der Waals surface area contributed by atoms with Crippen molar-refractivity contribution in [3.63, 3.8) is 0 Å². The van der Waals surface area contributed by atoms with E-state index in [9.17, 15) is 9.90 Å². The molecule has 2 aliphatic carbocycles. The van der Waals surface area contributed by atoms with Crippen LogP contribution in [0.15, 0.2) is 12.1 Å². The summed E-state index contributed by atoms with van der Waals surface area (Å²) in [6.07, 6.45) is 3.67. The van der Waals surface area contributed by atoms with Gasteiger partial charge in [0, 0.05) is 11.8 Å². The molecule has 2 atom stereocenters. The van der Waals surface area contributed by atoms with Crippen molar-refractivity contribution < 1.29 is 9.90 Å². The Morgan fingerprint density at radius 1 is 1.20 bits per heavy atom. The Bertz CT molecular complexity index is 585. The van der Waals surface area contributed by atoms with Crippen molar-refractivity contribution in [2.75, 3.05) is 0 Å². The molecule has 0 bridgehead atoms. The highest BCUT2D eigenvalue weighted by Gasteiger charge is 2.53. The zero-order valence-electron chi connectivity index (χ0n) is 12.9. The van der Waals surface area contributed by atoms with E-state index in [2.05, 4.69) is 26.8 Å². The molecule has 2 heteroatoms. The number of hydrogen-bond donors (Lipinski definition) is 1. The van der Waals surface area contributed by atoms with Gasteiger partial charge in [-0.3, -0.25) is 4.79 Å². The van der Waals surface area contributed by atoms with Crippen LogP contribution in [-0.4, -0.2) is 10.9 Å². The molecule has 1 aromatic carbocycles. The average molecular weight is 272 g/mol. The molecule has 0 spiro atoms. The second-order valence-electron chi connectivity index (χ2n) is 7.45. The SMILES string of the molecule is Cc1cc2c(cc1O)[C@@]1(C)CCC(=O)C(C)(C)[C@@H]1CC2. The third-order valence-corrected chi connectivity index (χ3v) is 5.97.